The Bertz CT molecular complexity index is 266. The van der Waals surface area contributed by atoms with Crippen molar-refractivity contribution < 1.29 is 0 Å². The largest absolute Gasteiger partial charge is 0.323 e. The second-order valence-electron chi connectivity index (χ2n) is 2.12. The Labute approximate surface area is 58.1 Å². The van der Waals surface area contributed by atoms with Gasteiger partial charge in [-0.05, 0) is 6.92 Å². The standard InChI is InChI=1S/C6H9N3O/c1-4(7)5-2-6(10)9-3-8-5/h2-4H,7H2,1H3,(H,8,9,10)/t4-/m0/s1. The van der Waals surface area contributed by atoms with Gasteiger partial charge in [0.2, 0.25) is 0 Å². The van der Waals surface area contributed by atoms with Crippen molar-refractivity contribution in [2.75, 3.05) is 0 Å². The lowest BCUT2D eigenvalue weighted by molar-refractivity contribution is 0.770. The first-order chi connectivity index (χ1) is 4.70. The van der Waals surface area contributed by atoms with Crippen LogP contribution in [0.25, 0.3) is 0 Å². The maximum Gasteiger partial charge on any atom is 0.250 e. The number of aromatic nitrogens is 2. The van der Waals surface area contributed by atoms with Gasteiger partial charge in [0.1, 0.15) is 0 Å². The Morgan fingerprint density at radius 2 is 2.50 bits per heavy atom. The van der Waals surface area contributed by atoms with Gasteiger partial charge in [-0.25, -0.2) is 4.98 Å². The third-order valence-electron chi connectivity index (χ3n) is 1.17. The van der Waals surface area contributed by atoms with Crippen LogP contribution in [0.3, 0.4) is 0 Å². The minimum atomic E-state index is -0.178. The molecule has 0 amide bonds. The van der Waals surface area contributed by atoms with E-state index in [0.29, 0.717) is 5.69 Å². The lowest BCUT2D eigenvalue weighted by Gasteiger charge is -2.00. The molecular weight excluding hydrogens is 130 g/mol. The maximum atomic E-state index is 10.6. The van der Waals surface area contributed by atoms with Gasteiger partial charge in [0.25, 0.3) is 5.56 Å². The Morgan fingerprint density at radius 3 is 2.90 bits per heavy atom. The van der Waals surface area contributed by atoms with Gasteiger partial charge < -0.3 is 10.7 Å². The number of hydrogen-bond donors (Lipinski definition) is 2. The van der Waals surface area contributed by atoms with E-state index in [0.717, 1.165) is 0 Å². The molecule has 1 aromatic rings. The Morgan fingerprint density at radius 1 is 1.80 bits per heavy atom. The maximum absolute atomic E-state index is 10.6. The van der Waals surface area contributed by atoms with Crippen LogP contribution in [-0.4, -0.2) is 9.97 Å². The number of nitrogens with two attached hydrogens (primary N) is 1. The first kappa shape index (κ1) is 6.95. The SMILES string of the molecule is C[C@H](N)c1cc(=O)[nH]cn1. The summed E-state index contributed by atoms with van der Waals surface area (Å²) in [5.74, 6) is 0. The third kappa shape index (κ3) is 1.41. The fourth-order valence-corrected chi connectivity index (χ4v) is 0.633. The minimum Gasteiger partial charge on any atom is -0.323 e. The molecule has 0 saturated carbocycles. The molecule has 0 aromatic carbocycles. The zero-order valence-electron chi connectivity index (χ0n) is 5.66. The highest BCUT2D eigenvalue weighted by atomic mass is 16.1. The summed E-state index contributed by atoms with van der Waals surface area (Å²) in [7, 11) is 0. The van der Waals surface area contributed by atoms with Crippen LogP contribution in [0, 0.1) is 0 Å². The van der Waals surface area contributed by atoms with Gasteiger partial charge in [-0.15, -0.1) is 0 Å². The van der Waals surface area contributed by atoms with E-state index in [2.05, 4.69) is 9.97 Å². The zero-order chi connectivity index (χ0) is 7.56. The molecule has 54 valence electrons. The van der Waals surface area contributed by atoms with Crippen LogP contribution < -0.4 is 11.3 Å². The van der Waals surface area contributed by atoms with Crippen LogP contribution >= 0.6 is 0 Å². The van der Waals surface area contributed by atoms with Gasteiger partial charge in [0.05, 0.1) is 12.0 Å². The fraction of sp³-hybridized carbons (Fsp3) is 0.333. The molecule has 0 radical (unpaired) electrons. The second kappa shape index (κ2) is 2.62. The van der Waals surface area contributed by atoms with Crippen molar-refractivity contribution in [3.05, 3.63) is 28.4 Å². The molecule has 1 rings (SSSR count). The van der Waals surface area contributed by atoms with Gasteiger partial charge >= 0.3 is 0 Å². The smallest absolute Gasteiger partial charge is 0.250 e. The summed E-state index contributed by atoms with van der Waals surface area (Å²) in [4.78, 5) is 16.9. The molecule has 0 aliphatic heterocycles. The zero-order valence-corrected chi connectivity index (χ0v) is 5.66. The molecule has 0 aliphatic rings. The first-order valence-electron chi connectivity index (χ1n) is 3.00. The van der Waals surface area contributed by atoms with E-state index in [9.17, 15) is 4.79 Å². The molecule has 4 heteroatoms. The van der Waals surface area contributed by atoms with E-state index in [4.69, 9.17) is 5.73 Å². The topological polar surface area (TPSA) is 71.8 Å². The molecule has 1 heterocycles. The molecule has 3 N–H and O–H groups in total. The van der Waals surface area contributed by atoms with Crippen LogP contribution in [0.2, 0.25) is 0 Å². The van der Waals surface area contributed by atoms with E-state index < -0.39 is 0 Å². The molecule has 1 aromatic heterocycles. The van der Waals surface area contributed by atoms with Crippen molar-refractivity contribution in [3.63, 3.8) is 0 Å². The van der Waals surface area contributed by atoms with Crippen molar-refractivity contribution in [1.82, 2.24) is 9.97 Å². The normalized spacial score (nSPS) is 13.0. The summed E-state index contributed by atoms with van der Waals surface area (Å²) < 4.78 is 0. The number of nitrogens with one attached hydrogen (secondary N) is 1. The van der Waals surface area contributed by atoms with Crippen LogP contribution in [0.5, 0.6) is 0 Å². The van der Waals surface area contributed by atoms with E-state index in [1.165, 1.54) is 12.4 Å². The summed E-state index contributed by atoms with van der Waals surface area (Å²) in [5.41, 5.74) is 5.92. The van der Waals surface area contributed by atoms with Gasteiger partial charge in [-0.2, -0.15) is 0 Å². The Hall–Kier alpha value is -1.16. The second-order valence-corrected chi connectivity index (χ2v) is 2.12. The summed E-state index contributed by atoms with van der Waals surface area (Å²) in [6.45, 7) is 1.78. The van der Waals surface area contributed by atoms with Crippen LogP contribution in [-0.2, 0) is 0 Å². The summed E-state index contributed by atoms with van der Waals surface area (Å²) in [5, 5.41) is 0. The highest BCUT2D eigenvalue weighted by molar-refractivity contribution is 5.02. The number of aromatic amines is 1. The molecule has 0 aliphatic carbocycles. The first-order valence-corrected chi connectivity index (χ1v) is 3.00. The van der Waals surface area contributed by atoms with Crippen LogP contribution in [0.4, 0.5) is 0 Å². The van der Waals surface area contributed by atoms with Gasteiger partial charge in [-0.1, -0.05) is 0 Å². The Kier molecular flexibility index (Phi) is 1.82. The van der Waals surface area contributed by atoms with E-state index in [-0.39, 0.29) is 11.6 Å². The molecular formula is C6H9N3O. The van der Waals surface area contributed by atoms with Gasteiger partial charge in [0.15, 0.2) is 0 Å². The lowest BCUT2D eigenvalue weighted by atomic mass is 10.2. The molecule has 0 unspecified atom stereocenters. The highest BCUT2D eigenvalue weighted by Crippen LogP contribution is 1.98. The number of hydrogen-bond acceptors (Lipinski definition) is 3. The molecule has 1 atom stereocenters. The molecule has 0 fully saturated rings. The number of H-pyrrole nitrogens is 1. The summed E-state index contributed by atoms with van der Waals surface area (Å²) >= 11 is 0. The molecule has 0 bridgehead atoms. The molecule has 0 saturated heterocycles. The highest BCUT2D eigenvalue weighted by Gasteiger charge is 1.98. The van der Waals surface area contributed by atoms with E-state index in [1.54, 1.807) is 6.92 Å². The third-order valence-corrected chi connectivity index (χ3v) is 1.17. The van der Waals surface area contributed by atoms with Crippen LogP contribution in [0.1, 0.15) is 18.7 Å². The predicted octanol–water partition coefficient (Wildman–Crippen LogP) is -0.210. The number of rotatable bonds is 1. The monoisotopic (exact) mass is 139 g/mol. The van der Waals surface area contributed by atoms with Crippen molar-refractivity contribution in [2.24, 2.45) is 5.73 Å². The van der Waals surface area contributed by atoms with Crippen molar-refractivity contribution >= 4 is 0 Å². The number of nitrogens with zero attached hydrogens (tertiary/aromatic N) is 1. The lowest BCUT2D eigenvalue weighted by Crippen LogP contribution is -2.13. The van der Waals surface area contributed by atoms with E-state index >= 15 is 0 Å². The predicted molar refractivity (Wildman–Crippen MR) is 37.5 cm³/mol. The van der Waals surface area contributed by atoms with Crippen LogP contribution in [0.15, 0.2) is 17.2 Å². The Balaban J connectivity index is 3.07. The molecule has 0 spiro atoms. The molecule has 4 nitrogen and oxygen atoms in total. The summed E-state index contributed by atoms with van der Waals surface area (Å²) in [6, 6.07) is 1.22. The minimum absolute atomic E-state index is 0.165. The van der Waals surface area contributed by atoms with Crippen molar-refractivity contribution in [3.8, 4) is 0 Å². The average Bonchev–Trinajstić information content (AvgIpc) is 1.88. The summed E-state index contributed by atoms with van der Waals surface area (Å²) in [6.07, 6.45) is 1.35. The average molecular weight is 139 g/mol. The van der Waals surface area contributed by atoms with E-state index in [1.807, 2.05) is 0 Å². The fourth-order valence-electron chi connectivity index (χ4n) is 0.633. The van der Waals surface area contributed by atoms with Crippen molar-refractivity contribution in [1.29, 1.82) is 0 Å². The van der Waals surface area contributed by atoms with Gasteiger partial charge in [0, 0.05) is 12.1 Å². The quantitative estimate of drug-likeness (QED) is 0.565. The van der Waals surface area contributed by atoms with Gasteiger partial charge in [-0.3, -0.25) is 4.79 Å². The van der Waals surface area contributed by atoms with Crippen molar-refractivity contribution in [2.45, 2.75) is 13.0 Å². The molecule has 10 heavy (non-hydrogen) atoms.